The SMILES string of the molecule is N#Cc1c(-c2ccccc2)c(-c2ccc(CN)cc2)nc2cc[nH]c(=O)c12. The molecule has 0 saturated carbocycles. The maximum atomic E-state index is 12.4. The number of nitriles is 1. The Kier molecular flexibility index (Phi) is 4.25. The Morgan fingerprint density at radius 1 is 1.00 bits per heavy atom. The van der Waals surface area contributed by atoms with Crippen LogP contribution in [0.5, 0.6) is 0 Å². The number of aromatic nitrogens is 2. The monoisotopic (exact) mass is 352 g/mol. The molecule has 0 saturated heterocycles. The Balaban J connectivity index is 2.14. The summed E-state index contributed by atoms with van der Waals surface area (Å²) in [7, 11) is 0. The van der Waals surface area contributed by atoms with Crippen LogP contribution in [0.2, 0.25) is 0 Å². The van der Waals surface area contributed by atoms with Gasteiger partial charge in [-0.1, -0.05) is 54.6 Å². The fourth-order valence-corrected chi connectivity index (χ4v) is 3.23. The molecule has 0 aliphatic carbocycles. The molecule has 0 spiro atoms. The van der Waals surface area contributed by atoms with Gasteiger partial charge in [-0.05, 0) is 17.2 Å². The number of nitrogens with two attached hydrogens (primary N) is 1. The minimum atomic E-state index is -0.321. The van der Waals surface area contributed by atoms with Gasteiger partial charge in [-0.3, -0.25) is 4.79 Å². The van der Waals surface area contributed by atoms with Crippen molar-refractivity contribution < 1.29 is 0 Å². The van der Waals surface area contributed by atoms with Crippen molar-refractivity contribution in [3.8, 4) is 28.5 Å². The quantitative estimate of drug-likeness (QED) is 0.589. The van der Waals surface area contributed by atoms with Crippen LogP contribution in [0.4, 0.5) is 0 Å². The molecular formula is C22H16N4O. The third-order valence-electron chi connectivity index (χ3n) is 4.55. The fourth-order valence-electron chi connectivity index (χ4n) is 3.23. The third-order valence-corrected chi connectivity index (χ3v) is 4.55. The number of nitrogens with one attached hydrogen (secondary N) is 1. The predicted octanol–water partition coefficient (Wildman–Crippen LogP) is 3.59. The van der Waals surface area contributed by atoms with Crippen molar-refractivity contribution in [2.24, 2.45) is 5.73 Å². The lowest BCUT2D eigenvalue weighted by atomic mass is 9.92. The topological polar surface area (TPSA) is 95.6 Å². The number of rotatable bonds is 3. The van der Waals surface area contributed by atoms with E-state index >= 15 is 0 Å². The Morgan fingerprint density at radius 2 is 1.74 bits per heavy atom. The van der Waals surface area contributed by atoms with E-state index in [9.17, 15) is 10.1 Å². The van der Waals surface area contributed by atoms with Crippen molar-refractivity contribution in [3.05, 3.63) is 88.3 Å². The lowest BCUT2D eigenvalue weighted by molar-refractivity contribution is 1.07. The molecule has 2 heterocycles. The average molecular weight is 352 g/mol. The third kappa shape index (κ3) is 2.88. The highest BCUT2D eigenvalue weighted by Gasteiger charge is 2.19. The lowest BCUT2D eigenvalue weighted by Gasteiger charge is -2.14. The van der Waals surface area contributed by atoms with E-state index in [1.54, 1.807) is 12.3 Å². The van der Waals surface area contributed by atoms with Crippen molar-refractivity contribution >= 4 is 10.9 Å². The second kappa shape index (κ2) is 6.87. The average Bonchev–Trinajstić information content (AvgIpc) is 2.73. The highest BCUT2D eigenvalue weighted by molar-refractivity contribution is 5.97. The normalized spacial score (nSPS) is 10.7. The van der Waals surface area contributed by atoms with E-state index in [-0.39, 0.29) is 5.56 Å². The van der Waals surface area contributed by atoms with Crippen molar-refractivity contribution in [3.63, 3.8) is 0 Å². The molecule has 4 rings (SSSR count). The molecule has 130 valence electrons. The van der Waals surface area contributed by atoms with E-state index in [1.807, 2.05) is 54.6 Å². The molecule has 0 aliphatic heterocycles. The zero-order valence-electron chi connectivity index (χ0n) is 14.4. The molecule has 0 bridgehead atoms. The van der Waals surface area contributed by atoms with Gasteiger partial charge in [0.05, 0.1) is 22.2 Å². The van der Waals surface area contributed by atoms with E-state index in [4.69, 9.17) is 10.7 Å². The standard InChI is InChI=1S/C22H16N4O/c23-12-14-6-8-16(9-7-14)21-19(15-4-2-1-3-5-15)17(13-24)20-18(26-21)10-11-25-22(20)27/h1-11H,12,23H2,(H,25,27). The van der Waals surface area contributed by atoms with Crippen LogP contribution in [-0.4, -0.2) is 9.97 Å². The molecular weight excluding hydrogens is 336 g/mol. The summed E-state index contributed by atoms with van der Waals surface area (Å²) in [6.45, 7) is 0.454. The van der Waals surface area contributed by atoms with Crippen LogP contribution >= 0.6 is 0 Å². The highest BCUT2D eigenvalue weighted by atomic mass is 16.1. The van der Waals surface area contributed by atoms with E-state index in [2.05, 4.69) is 11.1 Å². The number of benzene rings is 2. The number of pyridine rings is 2. The Labute approximate surface area is 155 Å². The molecule has 27 heavy (non-hydrogen) atoms. The molecule has 4 aromatic rings. The first-order valence-corrected chi connectivity index (χ1v) is 8.53. The van der Waals surface area contributed by atoms with Gasteiger partial charge in [0.2, 0.25) is 0 Å². The Hall–Kier alpha value is -3.75. The van der Waals surface area contributed by atoms with Crippen LogP contribution in [0.25, 0.3) is 33.3 Å². The summed E-state index contributed by atoms with van der Waals surface area (Å²) in [4.78, 5) is 19.8. The van der Waals surface area contributed by atoms with E-state index < -0.39 is 0 Å². The van der Waals surface area contributed by atoms with Gasteiger partial charge in [-0.15, -0.1) is 0 Å². The first-order chi connectivity index (χ1) is 13.2. The zero-order valence-corrected chi connectivity index (χ0v) is 14.4. The molecule has 2 aromatic heterocycles. The summed E-state index contributed by atoms with van der Waals surface area (Å²) in [5, 5.41) is 10.2. The summed E-state index contributed by atoms with van der Waals surface area (Å²) >= 11 is 0. The number of hydrogen-bond acceptors (Lipinski definition) is 4. The van der Waals surface area contributed by atoms with Gasteiger partial charge in [-0.25, -0.2) is 4.98 Å². The van der Waals surface area contributed by atoms with Crippen molar-refractivity contribution in [1.29, 1.82) is 5.26 Å². The molecule has 0 unspecified atom stereocenters. The molecule has 3 N–H and O–H groups in total. The van der Waals surface area contributed by atoms with Gasteiger partial charge in [-0.2, -0.15) is 5.26 Å². The maximum absolute atomic E-state index is 12.4. The van der Waals surface area contributed by atoms with E-state index in [1.165, 1.54) is 0 Å². The first-order valence-electron chi connectivity index (χ1n) is 8.53. The summed E-state index contributed by atoms with van der Waals surface area (Å²) in [5.74, 6) is 0. The summed E-state index contributed by atoms with van der Waals surface area (Å²) in [5.41, 5.74) is 10.2. The second-order valence-electron chi connectivity index (χ2n) is 6.16. The summed E-state index contributed by atoms with van der Waals surface area (Å²) in [6.07, 6.45) is 1.54. The predicted molar refractivity (Wildman–Crippen MR) is 106 cm³/mol. The van der Waals surface area contributed by atoms with E-state index in [0.29, 0.717) is 34.3 Å². The number of fused-ring (bicyclic) bond motifs is 1. The van der Waals surface area contributed by atoms with Crippen molar-refractivity contribution in [2.45, 2.75) is 6.54 Å². The number of aromatic amines is 1. The van der Waals surface area contributed by atoms with Crippen molar-refractivity contribution in [2.75, 3.05) is 0 Å². The molecule has 0 aliphatic rings. The number of hydrogen-bond donors (Lipinski definition) is 2. The molecule has 0 radical (unpaired) electrons. The van der Waals surface area contributed by atoms with Gasteiger partial charge in [0.1, 0.15) is 6.07 Å². The second-order valence-corrected chi connectivity index (χ2v) is 6.16. The summed E-state index contributed by atoms with van der Waals surface area (Å²) in [6, 6.07) is 21.3. The summed E-state index contributed by atoms with van der Waals surface area (Å²) < 4.78 is 0. The molecule has 0 atom stereocenters. The van der Waals surface area contributed by atoms with Crippen LogP contribution in [0.1, 0.15) is 11.1 Å². The lowest BCUT2D eigenvalue weighted by Crippen LogP contribution is -2.09. The fraction of sp³-hybridized carbons (Fsp3) is 0.0455. The van der Waals surface area contributed by atoms with Gasteiger partial charge in [0.15, 0.2) is 0 Å². The largest absolute Gasteiger partial charge is 0.328 e. The minimum absolute atomic E-state index is 0.307. The van der Waals surface area contributed by atoms with Gasteiger partial charge < -0.3 is 10.7 Å². The number of nitrogens with zero attached hydrogens (tertiary/aromatic N) is 2. The molecule has 0 fully saturated rings. The van der Waals surface area contributed by atoms with Gasteiger partial charge >= 0.3 is 0 Å². The van der Waals surface area contributed by atoms with Crippen LogP contribution in [-0.2, 0) is 6.54 Å². The highest BCUT2D eigenvalue weighted by Crippen LogP contribution is 2.36. The Morgan fingerprint density at radius 3 is 2.41 bits per heavy atom. The number of H-pyrrole nitrogens is 1. The Bertz CT molecular complexity index is 1220. The van der Waals surface area contributed by atoms with Gasteiger partial charge in [0.25, 0.3) is 5.56 Å². The molecule has 5 nitrogen and oxygen atoms in total. The molecule has 5 heteroatoms. The van der Waals surface area contributed by atoms with Crippen LogP contribution in [0, 0.1) is 11.3 Å². The van der Waals surface area contributed by atoms with Crippen molar-refractivity contribution in [1.82, 2.24) is 9.97 Å². The van der Waals surface area contributed by atoms with Crippen LogP contribution in [0.3, 0.4) is 0 Å². The van der Waals surface area contributed by atoms with Crippen LogP contribution in [0.15, 0.2) is 71.7 Å². The maximum Gasteiger partial charge on any atom is 0.258 e. The zero-order chi connectivity index (χ0) is 18.8. The molecule has 0 amide bonds. The minimum Gasteiger partial charge on any atom is -0.328 e. The first kappa shape index (κ1) is 16.7. The van der Waals surface area contributed by atoms with Gasteiger partial charge in [0, 0.05) is 23.9 Å². The van der Waals surface area contributed by atoms with E-state index in [0.717, 1.165) is 16.7 Å². The van der Waals surface area contributed by atoms with Crippen LogP contribution < -0.4 is 11.3 Å². The molecule has 2 aromatic carbocycles. The smallest absolute Gasteiger partial charge is 0.258 e.